The van der Waals surface area contributed by atoms with Crippen molar-refractivity contribution < 1.29 is 19.1 Å². The number of carbonyl (C=O) groups excluding carboxylic acids is 3. The lowest BCUT2D eigenvalue weighted by Gasteiger charge is -2.38. The van der Waals surface area contributed by atoms with Gasteiger partial charge in [0.2, 0.25) is 11.8 Å². The zero-order valence-corrected chi connectivity index (χ0v) is 15.9. The van der Waals surface area contributed by atoms with E-state index in [9.17, 15) is 14.4 Å². The topological polar surface area (TPSA) is 66.9 Å². The first kappa shape index (κ1) is 20.5. The number of likely N-dealkylation sites (tertiary alicyclic amines) is 1. The van der Waals surface area contributed by atoms with Gasteiger partial charge in [0.15, 0.2) is 0 Å². The fraction of sp³-hybridized carbons (Fsp3) is 0.833. The number of ether oxygens (including phenoxy) is 1. The monoisotopic (exact) mass is 340 g/mol. The second kappa shape index (κ2) is 8.49. The van der Waals surface area contributed by atoms with Crippen LogP contribution in [0, 0.1) is 11.3 Å². The van der Waals surface area contributed by atoms with Crippen LogP contribution in [0.4, 0.5) is 0 Å². The van der Waals surface area contributed by atoms with Crippen molar-refractivity contribution in [2.24, 2.45) is 11.3 Å². The Morgan fingerprint density at radius 2 is 1.88 bits per heavy atom. The highest BCUT2D eigenvalue weighted by atomic mass is 16.5. The van der Waals surface area contributed by atoms with Crippen molar-refractivity contribution in [3.8, 4) is 0 Å². The number of amides is 2. The van der Waals surface area contributed by atoms with E-state index in [0.29, 0.717) is 19.6 Å². The van der Waals surface area contributed by atoms with Crippen molar-refractivity contribution in [3.63, 3.8) is 0 Å². The van der Waals surface area contributed by atoms with Gasteiger partial charge in [-0.25, -0.2) is 0 Å². The number of nitrogens with zero attached hydrogens (tertiary/aromatic N) is 2. The minimum absolute atomic E-state index is 0.0100. The molecule has 0 aliphatic carbocycles. The molecular formula is C18H32N2O4. The highest BCUT2D eigenvalue weighted by Gasteiger charge is 2.35. The van der Waals surface area contributed by atoms with Gasteiger partial charge in [-0.1, -0.05) is 20.8 Å². The van der Waals surface area contributed by atoms with E-state index in [4.69, 9.17) is 0 Å². The third kappa shape index (κ3) is 5.49. The Morgan fingerprint density at radius 3 is 2.38 bits per heavy atom. The molecule has 1 aliphatic rings. The lowest BCUT2D eigenvalue weighted by molar-refractivity contribution is -0.146. The molecule has 1 saturated heterocycles. The van der Waals surface area contributed by atoms with Crippen molar-refractivity contribution in [3.05, 3.63) is 0 Å². The van der Waals surface area contributed by atoms with Crippen LogP contribution in [0.25, 0.3) is 0 Å². The number of carbonyl (C=O) groups is 3. The molecule has 0 aromatic heterocycles. The summed E-state index contributed by atoms with van der Waals surface area (Å²) in [6, 6.07) is 0.0100. The van der Waals surface area contributed by atoms with Crippen molar-refractivity contribution in [1.29, 1.82) is 0 Å². The standard InChI is InChI=1S/C18H32N2O4/c1-13(2)20(11-9-15(21)24-6)16(22)14-8-7-10-19(12-14)17(23)18(3,4)5/h13-14H,7-12H2,1-6H3. The van der Waals surface area contributed by atoms with E-state index in [0.717, 1.165) is 12.8 Å². The van der Waals surface area contributed by atoms with Gasteiger partial charge in [0.1, 0.15) is 0 Å². The molecule has 138 valence electrons. The number of hydrogen-bond donors (Lipinski definition) is 0. The molecule has 2 amide bonds. The van der Waals surface area contributed by atoms with Gasteiger partial charge in [0.25, 0.3) is 0 Å². The maximum Gasteiger partial charge on any atom is 0.307 e. The zero-order valence-electron chi connectivity index (χ0n) is 15.9. The van der Waals surface area contributed by atoms with E-state index in [1.54, 1.807) is 4.90 Å². The molecular weight excluding hydrogens is 308 g/mol. The van der Waals surface area contributed by atoms with E-state index in [1.165, 1.54) is 7.11 Å². The molecule has 1 heterocycles. The molecule has 0 N–H and O–H groups in total. The average Bonchev–Trinajstić information content (AvgIpc) is 2.52. The van der Waals surface area contributed by atoms with Crippen molar-refractivity contribution in [2.45, 2.75) is 59.9 Å². The molecule has 1 rings (SSSR count). The van der Waals surface area contributed by atoms with Gasteiger partial charge < -0.3 is 14.5 Å². The minimum Gasteiger partial charge on any atom is -0.469 e. The zero-order chi connectivity index (χ0) is 18.5. The fourth-order valence-corrected chi connectivity index (χ4v) is 3.01. The van der Waals surface area contributed by atoms with E-state index in [1.807, 2.05) is 39.5 Å². The largest absolute Gasteiger partial charge is 0.469 e. The van der Waals surface area contributed by atoms with Crippen LogP contribution in [0.1, 0.15) is 53.9 Å². The average molecular weight is 340 g/mol. The van der Waals surface area contributed by atoms with Gasteiger partial charge in [-0.05, 0) is 26.7 Å². The smallest absolute Gasteiger partial charge is 0.307 e. The lowest BCUT2D eigenvalue weighted by Crippen LogP contribution is -2.51. The molecule has 1 atom stereocenters. The second-order valence-corrected chi connectivity index (χ2v) is 7.79. The van der Waals surface area contributed by atoms with E-state index >= 15 is 0 Å². The van der Waals surface area contributed by atoms with Crippen LogP contribution in [-0.4, -0.2) is 60.4 Å². The molecule has 6 nitrogen and oxygen atoms in total. The van der Waals surface area contributed by atoms with Gasteiger partial charge in [0, 0.05) is 31.1 Å². The number of methoxy groups -OCH3 is 1. The third-order valence-corrected chi connectivity index (χ3v) is 4.39. The molecule has 0 radical (unpaired) electrons. The summed E-state index contributed by atoms with van der Waals surface area (Å²) < 4.78 is 4.66. The molecule has 0 bridgehead atoms. The molecule has 24 heavy (non-hydrogen) atoms. The Kier molecular flexibility index (Phi) is 7.24. The lowest BCUT2D eigenvalue weighted by atomic mass is 9.90. The highest BCUT2D eigenvalue weighted by Crippen LogP contribution is 2.25. The summed E-state index contributed by atoms with van der Waals surface area (Å²) >= 11 is 0. The van der Waals surface area contributed by atoms with Gasteiger partial charge in [-0.15, -0.1) is 0 Å². The van der Waals surface area contributed by atoms with Crippen LogP contribution in [0.5, 0.6) is 0 Å². The maximum absolute atomic E-state index is 12.9. The molecule has 1 fully saturated rings. The van der Waals surface area contributed by atoms with E-state index < -0.39 is 5.41 Å². The highest BCUT2D eigenvalue weighted by molar-refractivity contribution is 5.84. The summed E-state index contributed by atoms with van der Waals surface area (Å²) in [4.78, 5) is 40.3. The number of piperidine rings is 1. The predicted molar refractivity (Wildman–Crippen MR) is 92.2 cm³/mol. The van der Waals surface area contributed by atoms with Crippen LogP contribution >= 0.6 is 0 Å². The number of hydrogen-bond acceptors (Lipinski definition) is 4. The minimum atomic E-state index is -0.437. The quantitative estimate of drug-likeness (QED) is 0.719. The first-order valence-electron chi connectivity index (χ1n) is 8.74. The normalized spacial score (nSPS) is 18.5. The summed E-state index contributed by atoms with van der Waals surface area (Å²) in [6.45, 7) is 11.1. The molecule has 0 aromatic rings. The van der Waals surface area contributed by atoms with Crippen LogP contribution < -0.4 is 0 Å². The van der Waals surface area contributed by atoms with Gasteiger partial charge in [0.05, 0.1) is 19.4 Å². The summed E-state index contributed by atoms with van der Waals surface area (Å²) in [5, 5.41) is 0. The van der Waals surface area contributed by atoms with Crippen molar-refractivity contribution in [1.82, 2.24) is 9.80 Å². The Balaban J connectivity index is 2.76. The number of rotatable bonds is 5. The second-order valence-electron chi connectivity index (χ2n) is 7.79. The molecule has 0 spiro atoms. The SMILES string of the molecule is COC(=O)CCN(C(=O)C1CCCN(C(=O)C(C)(C)C)C1)C(C)C. The first-order valence-corrected chi connectivity index (χ1v) is 8.74. The van der Waals surface area contributed by atoms with Gasteiger partial charge >= 0.3 is 5.97 Å². The summed E-state index contributed by atoms with van der Waals surface area (Å²) in [5.74, 6) is -0.391. The van der Waals surface area contributed by atoms with Gasteiger partial charge in [-0.3, -0.25) is 14.4 Å². The molecule has 0 aromatic carbocycles. The summed E-state index contributed by atoms with van der Waals surface area (Å²) in [7, 11) is 1.35. The van der Waals surface area contributed by atoms with Crippen LogP contribution in [-0.2, 0) is 19.1 Å². The van der Waals surface area contributed by atoms with E-state index in [2.05, 4.69) is 4.74 Å². The molecule has 1 unspecified atom stereocenters. The Morgan fingerprint density at radius 1 is 1.25 bits per heavy atom. The van der Waals surface area contributed by atoms with Crippen LogP contribution in [0.3, 0.4) is 0 Å². The van der Waals surface area contributed by atoms with Crippen LogP contribution in [0.2, 0.25) is 0 Å². The first-order chi connectivity index (χ1) is 11.1. The summed E-state index contributed by atoms with van der Waals surface area (Å²) in [6.07, 6.45) is 1.81. The van der Waals surface area contributed by atoms with E-state index in [-0.39, 0.29) is 36.2 Å². The third-order valence-electron chi connectivity index (χ3n) is 4.39. The number of esters is 1. The molecule has 0 saturated carbocycles. The molecule has 6 heteroatoms. The Bertz CT molecular complexity index is 468. The maximum atomic E-state index is 12.9. The molecule has 1 aliphatic heterocycles. The fourth-order valence-electron chi connectivity index (χ4n) is 3.01. The Hall–Kier alpha value is -1.59. The van der Waals surface area contributed by atoms with Gasteiger partial charge in [-0.2, -0.15) is 0 Å². The van der Waals surface area contributed by atoms with Crippen molar-refractivity contribution in [2.75, 3.05) is 26.7 Å². The van der Waals surface area contributed by atoms with Crippen molar-refractivity contribution >= 4 is 17.8 Å². The van der Waals surface area contributed by atoms with Crippen LogP contribution in [0.15, 0.2) is 0 Å². The Labute approximate surface area is 145 Å². The predicted octanol–water partition coefficient (Wildman–Crippen LogP) is 2.07. The summed E-state index contributed by atoms with van der Waals surface area (Å²) in [5.41, 5.74) is -0.437.